The number of aromatic nitrogens is 4. The number of carbonyl (C=O) groups excluding carboxylic acids is 1. The first-order chi connectivity index (χ1) is 15.2. The first-order valence-electron chi connectivity index (χ1n) is 9.69. The first-order valence-corrected chi connectivity index (χ1v) is 10.6. The molecule has 1 aromatic carbocycles. The number of fused-ring (bicyclic) bond motifs is 1. The number of nitrogens with one attached hydrogen (secondary N) is 2. The Morgan fingerprint density at radius 2 is 2.00 bits per heavy atom. The summed E-state index contributed by atoms with van der Waals surface area (Å²) in [5.41, 5.74) is 0.715. The highest BCUT2D eigenvalue weighted by atomic mass is 32.1. The molecule has 0 saturated carbocycles. The van der Waals surface area contributed by atoms with E-state index in [1.165, 1.54) is 11.2 Å². The van der Waals surface area contributed by atoms with Crippen LogP contribution in [0, 0.1) is 0 Å². The number of rotatable bonds is 10. The Bertz CT molecular complexity index is 1130. The fourth-order valence-electron chi connectivity index (χ4n) is 2.95. The van der Waals surface area contributed by atoms with E-state index in [4.69, 9.17) is 9.47 Å². The van der Waals surface area contributed by atoms with Gasteiger partial charge < -0.3 is 20.1 Å². The standard InChI is InChI=1S/C21H22N6O3S/c1-29-15-4-6-16(7-5-15)30-13-19(28)22-8-9-27-21-18(12-26-27)20(24-14-25-21)23-11-17-3-2-10-31-17/h2-7,10,12,14H,8-9,11,13H2,1H3,(H,22,28)(H,23,24,25). The van der Waals surface area contributed by atoms with Crippen LogP contribution in [-0.2, 0) is 17.9 Å². The Kier molecular flexibility index (Phi) is 6.58. The van der Waals surface area contributed by atoms with E-state index >= 15 is 0 Å². The van der Waals surface area contributed by atoms with Gasteiger partial charge in [-0.05, 0) is 35.7 Å². The van der Waals surface area contributed by atoms with Crippen LogP contribution >= 0.6 is 11.3 Å². The van der Waals surface area contributed by atoms with Gasteiger partial charge in [0.05, 0.1) is 31.8 Å². The number of carbonyl (C=O) groups is 1. The molecule has 0 radical (unpaired) electrons. The van der Waals surface area contributed by atoms with Crippen LogP contribution in [-0.4, -0.2) is 45.9 Å². The zero-order valence-electron chi connectivity index (χ0n) is 16.9. The van der Waals surface area contributed by atoms with Crippen molar-refractivity contribution in [3.05, 3.63) is 59.2 Å². The zero-order valence-corrected chi connectivity index (χ0v) is 17.8. The van der Waals surface area contributed by atoms with Crippen molar-refractivity contribution >= 4 is 34.1 Å². The van der Waals surface area contributed by atoms with E-state index in [1.54, 1.807) is 53.6 Å². The summed E-state index contributed by atoms with van der Waals surface area (Å²) in [4.78, 5) is 21.9. The average molecular weight is 439 g/mol. The van der Waals surface area contributed by atoms with Gasteiger partial charge in [-0.25, -0.2) is 14.6 Å². The van der Waals surface area contributed by atoms with Crippen molar-refractivity contribution in [3.63, 3.8) is 0 Å². The van der Waals surface area contributed by atoms with Gasteiger partial charge in [0, 0.05) is 11.4 Å². The zero-order chi connectivity index (χ0) is 21.5. The molecule has 3 heterocycles. The number of amides is 1. The molecule has 0 aliphatic heterocycles. The van der Waals surface area contributed by atoms with Gasteiger partial charge in [-0.1, -0.05) is 6.07 Å². The van der Waals surface area contributed by atoms with E-state index in [-0.39, 0.29) is 12.5 Å². The van der Waals surface area contributed by atoms with Crippen molar-refractivity contribution in [2.75, 3.05) is 25.6 Å². The van der Waals surface area contributed by atoms with Crippen LogP contribution in [0.4, 0.5) is 5.82 Å². The molecule has 0 unspecified atom stereocenters. The van der Waals surface area contributed by atoms with Gasteiger partial charge in [0.1, 0.15) is 23.6 Å². The largest absolute Gasteiger partial charge is 0.497 e. The summed E-state index contributed by atoms with van der Waals surface area (Å²) in [7, 11) is 1.60. The number of hydrogen-bond donors (Lipinski definition) is 2. The molecule has 3 aromatic heterocycles. The van der Waals surface area contributed by atoms with E-state index in [0.717, 1.165) is 17.0 Å². The quantitative estimate of drug-likeness (QED) is 0.392. The van der Waals surface area contributed by atoms with Crippen LogP contribution in [0.3, 0.4) is 0 Å². The third kappa shape index (κ3) is 5.28. The van der Waals surface area contributed by atoms with E-state index in [0.29, 0.717) is 31.0 Å². The molecule has 1 amide bonds. The minimum Gasteiger partial charge on any atom is -0.497 e. The minimum atomic E-state index is -0.208. The van der Waals surface area contributed by atoms with Crippen LogP contribution in [0.15, 0.2) is 54.3 Å². The van der Waals surface area contributed by atoms with E-state index in [9.17, 15) is 4.79 Å². The maximum atomic E-state index is 12.1. The number of benzene rings is 1. The molecule has 0 aliphatic carbocycles. The summed E-state index contributed by atoms with van der Waals surface area (Å²) in [6.45, 7) is 1.52. The summed E-state index contributed by atoms with van der Waals surface area (Å²) >= 11 is 1.69. The molecule has 10 heteroatoms. The fourth-order valence-corrected chi connectivity index (χ4v) is 3.60. The summed E-state index contributed by atoms with van der Waals surface area (Å²) in [5, 5.41) is 13.4. The molecular formula is C21H22N6O3S. The van der Waals surface area contributed by atoms with Gasteiger partial charge in [-0.2, -0.15) is 5.10 Å². The summed E-state index contributed by atoms with van der Waals surface area (Å²) < 4.78 is 12.3. The third-order valence-electron chi connectivity index (χ3n) is 4.52. The Morgan fingerprint density at radius 3 is 2.77 bits per heavy atom. The Labute approximate surface area is 183 Å². The second-order valence-electron chi connectivity index (χ2n) is 6.57. The van der Waals surface area contributed by atoms with Crippen molar-refractivity contribution in [1.29, 1.82) is 0 Å². The lowest BCUT2D eigenvalue weighted by Gasteiger charge is -2.09. The predicted molar refractivity (Wildman–Crippen MR) is 118 cm³/mol. The minimum absolute atomic E-state index is 0.0643. The Balaban J connectivity index is 1.27. The van der Waals surface area contributed by atoms with Crippen LogP contribution < -0.4 is 20.1 Å². The maximum Gasteiger partial charge on any atom is 0.258 e. The van der Waals surface area contributed by atoms with Crippen molar-refractivity contribution in [2.45, 2.75) is 13.1 Å². The molecule has 0 atom stereocenters. The molecule has 9 nitrogen and oxygen atoms in total. The smallest absolute Gasteiger partial charge is 0.258 e. The van der Waals surface area contributed by atoms with E-state index in [2.05, 4.69) is 31.8 Å². The molecule has 0 fully saturated rings. The molecule has 0 spiro atoms. The van der Waals surface area contributed by atoms with Crippen LogP contribution in [0.25, 0.3) is 11.0 Å². The van der Waals surface area contributed by atoms with Crippen molar-refractivity contribution in [3.8, 4) is 11.5 Å². The summed E-state index contributed by atoms with van der Waals surface area (Å²) in [6, 6.07) is 11.2. The molecular weight excluding hydrogens is 416 g/mol. The normalized spacial score (nSPS) is 10.7. The van der Waals surface area contributed by atoms with Crippen LogP contribution in [0.2, 0.25) is 0 Å². The van der Waals surface area contributed by atoms with Gasteiger partial charge in [-0.3, -0.25) is 4.79 Å². The lowest BCUT2D eigenvalue weighted by Crippen LogP contribution is -2.31. The van der Waals surface area contributed by atoms with Gasteiger partial charge in [-0.15, -0.1) is 11.3 Å². The van der Waals surface area contributed by atoms with E-state index in [1.807, 2.05) is 11.4 Å². The lowest BCUT2D eigenvalue weighted by molar-refractivity contribution is -0.123. The van der Waals surface area contributed by atoms with Gasteiger partial charge >= 0.3 is 0 Å². The molecule has 0 aliphatic rings. The number of nitrogens with zero attached hydrogens (tertiary/aromatic N) is 4. The second kappa shape index (κ2) is 9.90. The number of hydrogen-bond acceptors (Lipinski definition) is 8. The highest BCUT2D eigenvalue weighted by Gasteiger charge is 2.10. The lowest BCUT2D eigenvalue weighted by atomic mass is 10.3. The molecule has 4 aromatic rings. The van der Waals surface area contributed by atoms with Crippen molar-refractivity contribution in [1.82, 2.24) is 25.1 Å². The molecule has 4 rings (SSSR count). The Hall–Kier alpha value is -3.66. The highest BCUT2D eigenvalue weighted by molar-refractivity contribution is 7.09. The van der Waals surface area contributed by atoms with Crippen LogP contribution in [0.1, 0.15) is 4.88 Å². The van der Waals surface area contributed by atoms with Gasteiger partial charge in [0.15, 0.2) is 12.3 Å². The summed E-state index contributed by atoms with van der Waals surface area (Å²) in [6.07, 6.45) is 3.25. The third-order valence-corrected chi connectivity index (χ3v) is 5.40. The topological polar surface area (TPSA) is 103 Å². The highest BCUT2D eigenvalue weighted by Crippen LogP contribution is 2.20. The first kappa shape index (κ1) is 20.6. The summed E-state index contributed by atoms with van der Waals surface area (Å²) in [5.74, 6) is 1.87. The van der Waals surface area contributed by atoms with Gasteiger partial charge in [0.2, 0.25) is 0 Å². The fraction of sp³-hybridized carbons (Fsp3) is 0.238. The predicted octanol–water partition coefficient (Wildman–Crippen LogP) is 2.70. The second-order valence-corrected chi connectivity index (χ2v) is 7.61. The van der Waals surface area contributed by atoms with E-state index < -0.39 is 0 Å². The molecule has 0 bridgehead atoms. The number of methoxy groups -OCH3 is 1. The van der Waals surface area contributed by atoms with Gasteiger partial charge in [0.25, 0.3) is 5.91 Å². The monoisotopic (exact) mass is 438 g/mol. The molecule has 2 N–H and O–H groups in total. The average Bonchev–Trinajstić information content (AvgIpc) is 3.47. The van der Waals surface area contributed by atoms with Crippen molar-refractivity contribution < 1.29 is 14.3 Å². The number of anilines is 1. The molecule has 31 heavy (non-hydrogen) atoms. The van der Waals surface area contributed by atoms with Crippen LogP contribution in [0.5, 0.6) is 11.5 Å². The van der Waals surface area contributed by atoms with Crippen molar-refractivity contribution in [2.24, 2.45) is 0 Å². The number of thiophene rings is 1. The maximum absolute atomic E-state index is 12.1. The number of ether oxygens (including phenoxy) is 2. The molecule has 160 valence electrons. The SMILES string of the molecule is COc1ccc(OCC(=O)NCCn2ncc3c(NCc4cccs4)ncnc32)cc1. The Morgan fingerprint density at radius 1 is 1.16 bits per heavy atom. The molecule has 0 saturated heterocycles.